The second-order valence-electron chi connectivity index (χ2n) is 6.77. The number of hydrogen-bond donors (Lipinski definition) is 1. The Kier molecular flexibility index (Phi) is 5.08. The molecule has 2 aliphatic rings. The van der Waals surface area contributed by atoms with E-state index >= 15 is 0 Å². The summed E-state index contributed by atoms with van der Waals surface area (Å²) in [7, 11) is 0. The predicted molar refractivity (Wildman–Crippen MR) is 76.8 cm³/mol. The van der Waals surface area contributed by atoms with Crippen molar-refractivity contribution in [1.29, 1.82) is 0 Å². The van der Waals surface area contributed by atoms with E-state index in [9.17, 15) is 0 Å². The highest BCUT2D eigenvalue weighted by Gasteiger charge is 2.46. The van der Waals surface area contributed by atoms with Gasteiger partial charge in [-0.25, -0.2) is 0 Å². The van der Waals surface area contributed by atoms with Gasteiger partial charge in [0.25, 0.3) is 0 Å². The third kappa shape index (κ3) is 3.27. The zero-order chi connectivity index (χ0) is 13.0. The molecular formula is C16H31NO. The maximum Gasteiger partial charge on any atom is 0.0840 e. The van der Waals surface area contributed by atoms with E-state index in [0.717, 1.165) is 25.0 Å². The standard InChI is InChI=1S/C16H31NO/c1-4-5-6-7-15-16(18-9-8-17-15)11-13(2)10-14(3)12-16/h13-15,17H,4-12H2,1-3H3. The fourth-order valence-corrected chi connectivity index (χ4v) is 4.26. The molecule has 1 N–H and O–H groups in total. The Balaban J connectivity index is 2.00. The molecule has 18 heavy (non-hydrogen) atoms. The first-order valence-electron chi connectivity index (χ1n) is 8.03. The van der Waals surface area contributed by atoms with Gasteiger partial charge in [0, 0.05) is 12.6 Å². The molecular weight excluding hydrogens is 222 g/mol. The topological polar surface area (TPSA) is 21.3 Å². The quantitative estimate of drug-likeness (QED) is 0.770. The van der Waals surface area contributed by atoms with Crippen LogP contribution in [-0.2, 0) is 4.74 Å². The van der Waals surface area contributed by atoms with Crippen LogP contribution >= 0.6 is 0 Å². The lowest BCUT2D eigenvalue weighted by atomic mass is 9.69. The number of unbranched alkanes of at least 4 members (excludes halogenated alkanes) is 2. The normalized spacial score (nSPS) is 41.2. The molecule has 1 saturated heterocycles. The average Bonchev–Trinajstić information content (AvgIpc) is 2.30. The fourth-order valence-electron chi connectivity index (χ4n) is 4.26. The molecule has 1 spiro atoms. The Labute approximate surface area is 113 Å². The molecule has 0 aromatic carbocycles. The second kappa shape index (κ2) is 6.38. The van der Waals surface area contributed by atoms with Gasteiger partial charge < -0.3 is 10.1 Å². The number of ether oxygens (including phenoxy) is 1. The van der Waals surface area contributed by atoms with Crippen molar-refractivity contribution in [2.75, 3.05) is 13.2 Å². The van der Waals surface area contributed by atoms with Crippen molar-refractivity contribution in [3.8, 4) is 0 Å². The van der Waals surface area contributed by atoms with E-state index in [1.807, 2.05) is 0 Å². The summed E-state index contributed by atoms with van der Waals surface area (Å²) in [6.07, 6.45) is 9.23. The van der Waals surface area contributed by atoms with Crippen LogP contribution in [0.15, 0.2) is 0 Å². The van der Waals surface area contributed by atoms with Gasteiger partial charge in [-0.05, 0) is 37.5 Å². The molecule has 1 aliphatic carbocycles. The van der Waals surface area contributed by atoms with Crippen molar-refractivity contribution < 1.29 is 4.74 Å². The third-order valence-corrected chi connectivity index (χ3v) is 4.81. The third-order valence-electron chi connectivity index (χ3n) is 4.81. The van der Waals surface area contributed by atoms with E-state index in [2.05, 4.69) is 26.1 Å². The van der Waals surface area contributed by atoms with E-state index in [0.29, 0.717) is 6.04 Å². The van der Waals surface area contributed by atoms with E-state index in [1.54, 1.807) is 0 Å². The molecule has 0 amide bonds. The molecule has 1 heterocycles. The summed E-state index contributed by atoms with van der Waals surface area (Å²) in [5.74, 6) is 1.64. The SMILES string of the molecule is CCCCCC1NCCOC12CC(C)CC(C)C2. The van der Waals surface area contributed by atoms with E-state index in [1.165, 1.54) is 44.9 Å². The number of morpholine rings is 1. The Bertz CT molecular complexity index is 243. The predicted octanol–water partition coefficient (Wildman–Crippen LogP) is 3.75. The van der Waals surface area contributed by atoms with Crippen molar-refractivity contribution in [3.05, 3.63) is 0 Å². The molecule has 2 nitrogen and oxygen atoms in total. The first-order valence-corrected chi connectivity index (χ1v) is 8.03. The Hall–Kier alpha value is -0.0800. The van der Waals surface area contributed by atoms with Gasteiger partial charge in [0.15, 0.2) is 0 Å². The van der Waals surface area contributed by atoms with Crippen LogP contribution in [0.5, 0.6) is 0 Å². The van der Waals surface area contributed by atoms with Crippen molar-refractivity contribution >= 4 is 0 Å². The van der Waals surface area contributed by atoms with Gasteiger partial charge in [-0.2, -0.15) is 0 Å². The Morgan fingerprint density at radius 3 is 2.56 bits per heavy atom. The van der Waals surface area contributed by atoms with E-state index < -0.39 is 0 Å². The molecule has 0 aromatic rings. The monoisotopic (exact) mass is 253 g/mol. The van der Waals surface area contributed by atoms with Gasteiger partial charge in [-0.1, -0.05) is 40.0 Å². The van der Waals surface area contributed by atoms with Crippen LogP contribution in [0.4, 0.5) is 0 Å². The number of hydrogen-bond acceptors (Lipinski definition) is 2. The zero-order valence-corrected chi connectivity index (χ0v) is 12.5. The highest BCUT2D eigenvalue weighted by atomic mass is 16.5. The molecule has 3 unspecified atom stereocenters. The average molecular weight is 253 g/mol. The molecule has 0 bridgehead atoms. The van der Waals surface area contributed by atoms with Crippen LogP contribution in [0.3, 0.4) is 0 Å². The Morgan fingerprint density at radius 1 is 1.17 bits per heavy atom. The second-order valence-corrected chi connectivity index (χ2v) is 6.77. The molecule has 0 radical (unpaired) electrons. The lowest BCUT2D eigenvalue weighted by molar-refractivity contribution is -0.138. The van der Waals surface area contributed by atoms with Gasteiger partial charge >= 0.3 is 0 Å². The van der Waals surface area contributed by atoms with Crippen LogP contribution in [0, 0.1) is 11.8 Å². The van der Waals surface area contributed by atoms with Crippen LogP contribution < -0.4 is 5.32 Å². The zero-order valence-electron chi connectivity index (χ0n) is 12.5. The molecule has 106 valence electrons. The molecule has 2 heteroatoms. The van der Waals surface area contributed by atoms with Crippen LogP contribution in [-0.4, -0.2) is 24.8 Å². The largest absolute Gasteiger partial charge is 0.372 e. The van der Waals surface area contributed by atoms with Gasteiger partial charge in [-0.15, -0.1) is 0 Å². The summed E-state index contributed by atoms with van der Waals surface area (Å²) in [6, 6.07) is 0.600. The number of nitrogens with one attached hydrogen (secondary N) is 1. The van der Waals surface area contributed by atoms with Crippen molar-refractivity contribution in [3.63, 3.8) is 0 Å². The van der Waals surface area contributed by atoms with Gasteiger partial charge in [0.1, 0.15) is 0 Å². The molecule has 3 atom stereocenters. The maximum atomic E-state index is 6.33. The minimum atomic E-state index is 0.156. The summed E-state index contributed by atoms with van der Waals surface area (Å²) in [5.41, 5.74) is 0.156. The summed E-state index contributed by atoms with van der Waals surface area (Å²) >= 11 is 0. The smallest absolute Gasteiger partial charge is 0.0840 e. The van der Waals surface area contributed by atoms with Crippen LogP contribution in [0.2, 0.25) is 0 Å². The maximum absolute atomic E-state index is 6.33. The van der Waals surface area contributed by atoms with Gasteiger partial charge in [0.05, 0.1) is 12.2 Å². The van der Waals surface area contributed by atoms with Crippen molar-refractivity contribution in [2.24, 2.45) is 11.8 Å². The first-order chi connectivity index (χ1) is 8.66. The first kappa shape index (κ1) is 14.3. The molecule has 2 fully saturated rings. The van der Waals surface area contributed by atoms with Crippen molar-refractivity contribution in [1.82, 2.24) is 5.32 Å². The highest BCUT2D eigenvalue weighted by molar-refractivity contribution is 5.00. The molecule has 0 aromatic heterocycles. The lowest BCUT2D eigenvalue weighted by Crippen LogP contribution is -2.60. The van der Waals surface area contributed by atoms with Crippen molar-refractivity contribution in [2.45, 2.75) is 77.4 Å². The minimum Gasteiger partial charge on any atom is -0.372 e. The van der Waals surface area contributed by atoms with Gasteiger partial charge in [-0.3, -0.25) is 0 Å². The lowest BCUT2D eigenvalue weighted by Gasteiger charge is -2.50. The van der Waals surface area contributed by atoms with E-state index in [4.69, 9.17) is 4.74 Å². The van der Waals surface area contributed by atoms with Crippen LogP contribution in [0.25, 0.3) is 0 Å². The summed E-state index contributed by atoms with van der Waals surface area (Å²) in [4.78, 5) is 0. The molecule has 2 rings (SSSR count). The fraction of sp³-hybridized carbons (Fsp3) is 1.00. The van der Waals surface area contributed by atoms with E-state index in [-0.39, 0.29) is 5.60 Å². The summed E-state index contributed by atoms with van der Waals surface area (Å²) in [6.45, 7) is 9.04. The minimum absolute atomic E-state index is 0.156. The highest BCUT2D eigenvalue weighted by Crippen LogP contribution is 2.42. The Morgan fingerprint density at radius 2 is 1.89 bits per heavy atom. The molecule has 1 aliphatic heterocycles. The summed E-state index contributed by atoms with van der Waals surface area (Å²) < 4.78 is 6.33. The summed E-state index contributed by atoms with van der Waals surface area (Å²) in [5, 5.41) is 3.75. The van der Waals surface area contributed by atoms with Gasteiger partial charge in [0.2, 0.25) is 0 Å². The van der Waals surface area contributed by atoms with Crippen LogP contribution in [0.1, 0.15) is 65.7 Å². The molecule has 1 saturated carbocycles. The number of rotatable bonds is 4.